The molecule has 1 aliphatic rings. The summed E-state index contributed by atoms with van der Waals surface area (Å²) in [6.45, 7) is 3.85. The first kappa shape index (κ1) is 17.7. The maximum atomic E-state index is 11.6. The average Bonchev–Trinajstić information content (AvgIpc) is 3.33. The van der Waals surface area contributed by atoms with E-state index >= 15 is 0 Å². The molecule has 6 heteroatoms. The molecule has 5 nitrogen and oxygen atoms in total. The zero-order chi connectivity index (χ0) is 16.5. The van der Waals surface area contributed by atoms with Gasteiger partial charge in [-0.05, 0) is 31.4 Å². The molecule has 126 valence electrons. The molecule has 3 N–H and O–H groups in total. The lowest BCUT2D eigenvalue weighted by atomic mass is 10.4. The number of thioether (sulfide) groups is 1. The highest BCUT2D eigenvalue weighted by Crippen LogP contribution is 2.51. The fourth-order valence-corrected chi connectivity index (χ4v) is 3.39. The summed E-state index contributed by atoms with van der Waals surface area (Å²) in [7, 11) is 1.73. The zero-order valence-corrected chi connectivity index (χ0v) is 14.7. The number of rotatable bonds is 8. The number of nitrogens with one attached hydrogen (secondary N) is 3. The number of hydrogen-bond donors (Lipinski definition) is 3. The third kappa shape index (κ3) is 6.14. The minimum Gasteiger partial charge on any atom is -0.355 e. The monoisotopic (exact) mass is 334 g/mol. The Bertz CT molecular complexity index is 529. The number of amides is 1. The first-order valence-corrected chi connectivity index (χ1v) is 8.94. The smallest absolute Gasteiger partial charge is 0.239 e. The maximum absolute atomic E-state index is 11.6. The topological polar surface area (TPSA) is 65.5 Å². The summed E-state index contributed by atoms with van der Waals surface area (Å²) in [5, 5.41) is 9.24. The van der Waals surface area contributed by atoms with Gasteiger partial charge in [0.1, 0.15) is 0 Å². The summed E-state index contributed by atoms with van der Waals surface area (Å²) in [5.74, 6) is 0.672. The first-order chi connectivity index (χ1) is 11.2. The lowest BCUT2D eigenvalue weighted by Crippen LogP contribution is -2.45. The lowest BCUT2D eigenvalue weighted by Gasteiger charge is -2.18. The average molecular weight is 334 g/mol. The Kier molecular flexibility index (Phi) is 6.77. The van der Waals surface area contributed by atoms with Crippen molar-refractivity contribution in [3.8, 4) is 0 Å². The van der Waals surface area contributed by atoms with Crippen LogP contribution in [-0.4, -0.2) is 43.3 Å². The van der Waals surface area contributed by atoms with Crippen LogP contribution in [0.4, 0.5) is 0 Å². The molecule has 1 aromatic carbocycles. The summed E-state index contributed by atoms with van der Waals surface area (Å²) in [6, 6.07) is 10.5. The Balaban J connectivity index is 1.74. The van der Waals surface area contributed by atoms with Gasteiger partial charge in [-0.3, -0.25) is 9.79 Å². The van der Waals surface area contributed by atoms with Gasteiger partial charge in [0.25, 0.3) is 0 Å². The van der Waals surface area contributed by atoms with Crippen molar-refractivity contribution < 1.29 is 4.79 Å². The summed E-state index contributed by atoms with van der Waals surface area (Å²) in [4.78, 5) is 17.1. The van der Waals surface area contributed by atoms with E-state index in [4.69, 9.17) is 0 Å². The van der Waals surface area contributed by atoms with Gasteiger partial charge in [0.05, 0.1) is 6.54 Å². The second kappa shape index (κ2) is 8.82. The van der Waals surface area contributed by atoms with Crippen molar-refractivity contribution in [2.75, 3.05) is 26.7 Å². The molecular formula is C17H26N4OS. The SMILES string of the molecule is CCCNC(=O)CNC(=NC)NCC1(Sc2ccccc2)CC1. The Morgan fingerprint density at radius 1 is 1.22 bits per heavy atom. The summed E-state index contributed by atoms with van der Waals surface area (Å²) < 4.78 is 0.253. The van der Waals surface area contributed by atoms with Gasteiger partial charge in [-0.15, -0.1) is 11.8 Å². The molecule has 1 aromatic rings. The molecular weight excluding hydrogens is 308 g/mol. The molecule has 0 radical (unpaired) electrons. The fraction of sp³-hybridized carbons (Fsp3) is 0.529. The number of benzene rings is 1. The molecule has 1 amide bonds. The van der Waals surface area contributed by atoms with Crippen LogP contribution < -0.4 is 16.0 Å². The van der Waals surface area contributed by atoms with Crippen LogP contribution >= 0.6 is 11.8 Å². The number of carbonyl (C=O) groups excluding carboxylic acids is 1. The van der Waals surface area contributed by atoms with E-state index in [9.17, 15) is 4.79 Å². The number of nitrogens with zero attached hydrogens (tertiary/aromatic N) is 1. The molecule has 0 aliphatic heterocycles. The Morgan fingerprint density at radius 2 is 1.96 bits per heavy atom. The molecule has 0 atom stereocenters. The number of carbonyl (C=O) groups is 1. The molecule has 0 unspecified atom stereocenters. The van der Waals surface area contributed by atoms with Crippen LogP contribution in [0.2, 0.25) is 0 Å². The van der Waals surface area contributed by atoms with Crippen LogP contribution in [0.15, 0.2) is 40.2 Å². The lowest BCUT2D eigenvalue weighted by molar-refractivity contribution is -0.120. The van der Waals surface area contributed by atoms with E-state index in [0.29, 0.717) is 12.5 Å². The highest BCUT2D eigenvalue weighted by molar-refractivity contribution is 8.01. The largest absolute Gasteiger partial charge is 0.355 e. The van der Waals surface area contributed by atoms with E-state index in [-0.39, 0.29) is 17.2 Å². The van der Waals surface area contributed by atoms with E-state index in [2.05, 4.69) is 45.2 Å². The molecule has 1 aliphatic carbocycles. The minimum atomic E-state index is -0.00500. The van der Waals surface area contributed by atoms with Gasteiger partial charge in [0.2, 0.25) is 5.91 Å². The molecule has 1 fully saturated rings. The van der Waals surface area contributed by atoms with E-state index in [1.165, 1.54) is 17.7 Å². The molecule has 0 heterocycles. The van der Waals surface area contributed by atoms with E-state index < -0.39 is 0 Å². The highest BCUT2D eigenvalue weighted by atomic mass is 32.2. The summed E-state index contributed by atoms with van der Waals surface area (Å²) >= 11 is 1.92. The number of aliphatic imine (C=N–C) groups is 1. The second-order valence-electron chi connectivity index (χ2n) is 5.73. The third-order valence-corrected chi connectivity index (χ3v) is 5.17. The van der Waals surface area contributed by atoms with Gasteiger partial charge in [-0.25, -0.2) is 0 Å². The molecule has 0 aromatic heterocycles. The van der Waals surface area contributed by atoms with Gasteiger partial charge in [0.15, 0.2) is 5.96 Å². The molecule has 23 heavy (non-hydrogen) atoms. The van der Waals surface area contributed by atoms with Gasteiger partial charge < -0.3 is 16.0 Å². The molecule has 0 bridgehead atoms. The van der Waals surface area contributed by atoms with Crippen molar-refractivity contribution in [1.82, 2.24) is 16.0 Å². The number of hydrogen-bond acceptors (Lipinski definition) is 3. The Morgan fingerprint density at radius 3 is 2.57 bits per heavy atom. The van der Waals surface area contributed by atoms with Crippen LogP contribution in [0.25, 0.3) is 0 Å². The van der Waals surface area contributed by atoms with Crippen LogP contribution in [0.1, 0.15) is 26.2 Å². The molecule has 1 saturated carbocycles. The van der Waals surface area contributed by atoms with E-state index in [1.807, 2.05) is 24.8 Å². The van der Waals surface area contributed by atoms with E-state index in [1.54, 1.807) is 7.05 Å². The van der Waals surface area contributed by atoms with Gasteiger partial charge >= 0.3 is 0 Å². The van der Waals surface area contributed by atoms with E-state index in [0.717, 1.165) is 13.0 Å². The molecule has 0 spiro atoms. The predicted molar refractivity (Wildman–Crippen MR) is 96.9 cm³/mol. The summed E-state index contributed by atoms with van der Waals surface area (Å²) in [5.41, 5.74) is 0. The summed E-state index contributed by atoms with van der Waals surface area (Å²) in [6.07, 6.45) is 3.35. The Hall–Kier alpha value is -1.69. The standard InChI is InChI=1S/C17H26N4OS/c1-3-11-19-15(22)12-20-16(18-2)21-13-17(9-10-17)23-14-7-5-4-6-8-14/h4-8H,3,9-13H2,1-2H3,(H,19,22)(H2,18,20,21). The minimum absolute atomic E-state index is 0.00500. The fourth-order valence-electron chi connectivity index (χ4n) is 2.15. The zero-order valence-electron chi connectivity index (χ0n) is 13.9. The van der Waals surface area contributed by atoms with Crippen molar-refractivity contribution >= 4 is 23.6 Å². The van der Waals surface area contributed by atoms with Crippen LogP contribution in [-0.2, 0) is 4.79 Å². The van der Waals surface area contributed by atoms with Gasteiger partial charge in [-0.2, -0.15) is 0 Å². The number of guanidine groups is 1. The quantitative estimate of drug-likeness (QED) is 0.502. The second-order valence-corrected chi connectivity index (χ2v) is 7.27. The third-order valence-electron chi connectivity index (χ3n) is 3.68. The van der Waals surface area contributed by atoms with Crippen LogP contribution in [0.3, 0.4) is 0 Å². The first-order valence-electron chi connectivity index (χ1n) is 8.13. The molecule has 2 rings (SSSR count). The van der Waals surface area contributed by atoms with Gasteiger partial charge in [-0.1, -0.05) is 25.1 Å². The van der Waals surface area contributed by atoms with Crippen LogP contribution in [0.5, 0.6) is 0 Å². The van der Waals surface area contributed by atoms with Crippen LogP contribution in [0, 0.1) is 0 Å². The van der Waals surface area contributed by atoms with Crippen molar-refractivity contribution in [2.24, 2.45) is 4.99 Å². The highest BCUT2D eigenvalue weighted by Gasteiger charge is 2.43. The van der Waals surface area contributed by atoms with Crippen molar-refractivity contribution in [2.45, 2.75) is 35.8 Å². The Labute approximate surface area is 142 Å². The maximum Gasteiger partial charge on any atom is 0.239 e. The van der Waals surface area contributed by atoms with Crippen molar-refractivity contribution in [1.29, 1.82) is 0 Å². The van der Waals surface area contributed by atoms with Gasteiger partial charge in [0, 0.05) is 29.8 Å². The van der Waals surface area contributed by atoms with Crippen molar-refractivity contribution in [3.05, 3.63) is 30.3 Å². The van der Waals surface area contributed by atoms with Crippen molar-refractivity contribution in [3.63, 3.8) is 0 Å². The molecule has 0 saturated heterocycles. The predicted octanol–water partition coefficient (Wildman–Crippen LogP) is 2.00. The normalized spacial score (nSPS) is 15.8.